The normalized spacial score (nSPS) is 20.4. The van der Waals surface area contributed by atoms with Crippen LogP contribution < -0.4 is 5.32 Å². The first kappa shape index (κ1) is 9.53. The van der Waals surface area contributed by atoms with Gasteiger partial charge in [-0.25, -0.2) is 0 Å². The Bertz CT molecular complexity index is 319. The molecule has 1 heterocycles. The smallest absolute Gasteiger partial charge is 0.0826 e. The maximum atomic E-state index is 9.83. The summed E-state index contributed by atoms with van der Waals surface area (Å²) in [5, 5.41) is 13.2. The molecule has 76 valence electrons. The molecular formula is C12H17NO. The number of para-hydroxylation sites is 1. The molecule has 0 spiro atoms. The highest BCUT2D eigenvalue weighted by molar-refractivity contribution is 5.61. The number of hydrogen-bond acceptors (Lipinski definition) is 2. The van der Waals surface area contributed by atoms with Crippen molar-refractivity contribution in [3.63, 3.8) is 0 Å². The van der Waals surface area contributed by atoms with Gasteiger partial charge in [0, 0.05) is 17.8 Å². The highest BCUT2D eigenvalue weighted by Crippen LogP contribution is 2.35. The molecule has 0 bridgehead atoms. The van der Waals surface area contributed by atoms with Crippen LogP contribution in [0, 0.1) is 0 Å². The van der Waals surface area contributed by atoms with Gasteiger partial charge in [-0.1, -0.05) is 32.0 Å². The molecule has 0 aliphatic carbocycles. The van der Waals surface area contributed by atoms with Crippen molar-refractivity contribution in [2.45, 2.75) is 32.3 Å². The zero-order valence-corrected chi connectivity index (χ0v) is 8.75. The van der Waals surface area contributed by atoms with Crippen LogP contribution in [0.3, 0.4) is 0 Å². The van der Waals surface area contributed by atoms with Crippen molar-refractivity contribution in [2.24, 2.45) is 0 Å². The summed E-state index contributed by atoms with van der Waals surface area (Å²) in [6, 6.07) is 6.18. The third kappa shape index (κ3) is 1.50. The standard InChI is InChI=1S/C12H17NO/c1-8(2)9-4-3-5-10-11(14)6-7-13-12(9)10/h3-5,8,11,13-14H,6-7H2,1-2H3. The molecule has 0 amide bonds. The number of aliphatic hydroxyl groups excluding tert-OH is 1. The third-order valence-electron chi connectivity index (χ3n) is 2.83. The van der Waals surface area contributed by atoms with E-state index in [1.807, 2.05) is 12.1 Å². The SMILES string of the molecule is CC(C)c1cccc2c1NCCC2O. The lowest BCUT2D eigenvalue weighted by Crippen LogP contribution is -2.18. The van der Waals surface area contributed by atoms with Gasteiger partial charge in [0.05, 0.1) is 6.10 Å². The average molecular weight is 191 g/mol. The lowest BCUT2D eigenvalue weighted by molar-refractivity contribution is 0.168. The molecule has 14 heavy (non-hydrogen) atoms. The summed E-state index contributed by atoms with van der Waals surface area (Å²) in [5.74, 6) is 0.503. The fourth-order valence-corrected chi connectivity index (χ4v) is 2.04. The van der Waals surface area contributed by atoms with E-state index in [9.17, 15) is 5.11 Å². The zero-order valence-electron chi connectivity index (χ0n) is 8.75. The van der Waals surface area contributed by atoms with E-state index in [0.29, 0.717) is 5.92 Å². The van der Waals surface area contributed by atoms with E-state index in [4.69, 9.17) is 0 Å². The van der Waals surface area contributed by atoms with Crippen molar-refractivity contribution in [1.29, 1.82) is 0 Å². The molecule has 1 aromatic carbocycles. The van der Waals surface area contributed by atoms with Crippen LogP contribution in [0.2, 0.25) is 0 Å². The van der Waals surface area contributed by atoms with E-state index in [0.717, 1.165) is 24.2 Å². The summed E-state index contributed by atoms with van der Waals surface area (Å²) in [6.07, 6.45) is 0.527. The number of benzene rings is 1. The van der Waals surface area contributed by atoms with E-state index in [2.05, 4.69) is 25.2 Å². The number of anilines is 1. The van der Waals surface area contributed by atoms with Gasteiger partial charge in [0.15, 0.2) is 0 Å². The minimum absolute atomic E-state index is 0.287. The van der Waals surface area contributed by atoms with Crippen LogP contribution in [-0.2, 0) is 0 Å². The highest BCUT2D eigenvalue weighted by atomic mass is 16.3. The average Bonchev–Trinajstić information content (AvgIpc) is 2.17. The second-order valence-corrected chi connectivity index (χ2v) is 4.20. The molecule has 0 fully saturated rings. The Morgan fingerprint density at radius 2 is 2.21 bits per heavy atom. The van der Waals surface area contributed by atoms with Crippen molar-refractivity contribution in [3.05, 3.63) is 29.3 Å². The molecule has 2 rings (SSSR count). The van der Waals surface area contributed by atoms with Gasteiger partial charge in [0.1, 0.15) is 0 Å². The van der Waals surface area contributed by atoms with Crippen LogP contribution >= 0.6 is 0 Å². The Morgan fingerprint density at radius 1 is 1.43 bits per heavy atom. The molecular weight excluding hydrogens is 174 g/mol. The number of aliphatic hydroxyl groups is 1. The third-order valence-corrected chi connectivity index (χ3v) is 2.83. The van der Waals surface area contributed by atoms with E-state index in [1.54, 1.807) is 0 Å². The largest absolute Gasteiger partial charge is 0.388 e. The van der Waals surface area contributed by atoms with Gasteiger partial charge >= 0.3 is 0 Å². The predicted molar refractivity (Wildman–Crippen MR) is 58.6 cm³/mol. The Kier molecular flexibility index (Phi) is 2.46. The minimum Gasteiger partial charge on any atom is -0.388 e. The summed E-state index contributed by atoms with van der Waals surface area (Å²) in [7, 11) is 0. The van der Waals surface area contributed by atoms with Crippen LogP contribution in [0.1, 0.15) is 43.4 Å². The fourth-order valence-electron chi connectivity index (χ4n) is 2.04. The second kappa shape index (κ2) is 3.62. The predicted octanol–water partition coefficient (Wildman–Crippen LogP) is 2.66. The van der Waals surface area contributed by atoms with Gasteiger partial charge in [-0.2, -0.15) is 0 Å². The quantitative estimate of drug-likeness (QED) is 0.715. The first-order valence-electron chi connectivity index (χ1n) is 5.25. The molecule has 1 aliphatic heterocycles. The molecule has 0 saturated carbocycles. The Hall–Kier alpha value is -1.02. The summed E-state index contributed by atoms with van der Waals surface area (Å²) >= 11 is 0. The number of rotatable bonds is 1. The van der Waals surface area contributed by atoms with Crippen molar-refractivity contribution in [2.75, 3.05) is 11.9 Å². The van der Waals surface area contributed by atoms with Gasteiger partial charge in [-0.15, -0.1) is 0 Å². The van der Waals surface area contributed by atoms with Crippen LogP contribution in [0.5, 0.6) is 0 Å². The van der Waals surface area contributed by atoms with Crippen LogP contribution in [0.15, 0.2) is 18.2 Å². The number of hydrogen-bond donors (Lipinski definition) is 2. The lowest BCUT2D eigenvalue weighted by atomic mass is 9.92. The lowest BCUT2D eigenvalue weighted by Gasteiger charge is -2.26. The van der Waals surface area contributed by atoms with E-state index >= 15 is 0 Å². The maximum Gasteiger partial charge on any atom is 0.0826 e. The maximum absolute atomic E-state index is 9.83. The van der Waals surface area contributed by atoms with Crippen LogP contribution in [-0.4, -0.2) is 11.7 Å². The summed E-state index contributed by atoms with van der Waals surface area (Å²) in [6.45, 7) is 5.23. The van der Waals surface area contributed by atoms with E-state index in [-0.39, 0.29) is 6.10 Å². The highest BCUT2D eigenvalue weighted by Gasteiger charge is 2.20. The van der Waals surface area contributed by atoms with Crippen molar-refractivity contribution >= 4 is 5.69 Å². The molecule has 1 atom stereocenters. The van der Waals surface area contributed by atoms with Crippen molar-refractivity contribution < 1.29 is 5.11 Å². The molecule has 0 radical (unpaired) electrons. The molecule has 1 unspecified atom stereocenters. The Labute approximate surface area is 85.0 Å². The van der Waals surface area contributed by atoms with Crippen molar-refractivity contribution in [3.8, 4) is 0 Å². The van der Waals surface area contributed by atoms with Crippen molar-refractivity contribution in [1.82, 2.24) is 0 Å². The monoisotopic (exact) mass is 191 g/mol. The first-order valence-corrected chi connectivity index (χ1v) is 5.25. The molecule has 2 nitrogen and oxygen atoms in total. The Morgan fingerprint density at radius 3 is 2.93 bits per heavy atom. The first-order chi connectivity index (χ1) is 6.70. The number of fused-ring (bicyclic) bond motifs is 1. The summed E-state index contributed by atoms with van der Waals surface area (Å²) < 4.78 is 0. The van der Waals surface area contributed by atoms with Gasteiger partial charge in [0.25, 0.3) is 0 Å². The molecule has 0 saturated heterocycles. The molecule has 0 aromatic heterocycles. The molecule has 1 aromatic rings. The molecule has 1 aliphatic rings. The second-order valence-electron chi connectivity index (χ2n) is 4.20. The van der Waals surface area contributed by atoms with E-state index in [1.165, 1.54) is 5.56 Å². The zero-order chi connectivity index (χ0) is 10.1. The Balaban J connectivity index is 2.49. The fraction of sp³-hybridized carbons (Fsp3) is 0.500. The van der Waals surface area contributed by atoms with Gasteiger partial charge in [-0.05, 0) is 17.9 Å². The van der Waals surface area contributed by atoms with Crippen LogP contribution in [0.25, 0.3) is 0 Å². The van der Waals surface area contributed by atoms with Gasteiger partial charge in [0.2, 0.25) is 0 Å². The van der Waals surface area contributed by atoms with Crippen LogP contribution in [0.4, 0.5) is 5.69 Å². The summed E-state index contributed by atoms with van der Waals surface area (Å²) in [5.41, 5.74) is 3.52. The minimum atomic E-state index is -0.287. The summed E-state index contributed by atoms with van der Waals surface area (Å²) in [4.78, 5) is 0. The van der Waals surface area contributed by atoms with Gasteiger partial charge < -0.3 is 10.4 Å². The van der Waals surface area contributed by atoms with E-state index < -0.39 is 0 Å². The van der Waals surface area contributed by atoms with Gasteiger partial charge in [-0.3, -0.25) is 0 Å². The number of nitrogens with one attached hydrogen (secondary N) is 1. The molecule has 2 heteroatoms. The molecule has 2 N–H and O–H groups in total. The topological polar surface area (TPSA) is 32.3 Å².